The van der Waals surface area contributed by atoms with Crippen LogP contribution in [0.2, 0.25) is 0 Å². The summed E-state index contributed by atoms with van der Waals surface area (Å²) in [5.74, 6) is -0.470. The Balaban J connectivity index is 2.38. The van der Waals surface area contributed by atoms with E-state index < -0.39 is 5.54 Å². The van der Waals surface area contributed by atoms with E-state index in [4.69, 9.17) is 4.74 Å². The van der Waals surface area contributed by atoms with Crippen LogP contribution in [0, 0.1) is 0 Å². The summed E-state index contributed by atoms with van der Waals surface area (Å²) in [5, 5.41) is 6.81. The van der Waals surface area contributed by atoms with Crippen LogP contribution < -0.4 is 5.32 Å². The van der Waals surface area contributed by atoms with Crippen molar-refractivity contribution in [2.75, 3.05) is 27.3 Å². The summed E-state index contributed by atoms with van der Waals surface area (Å²) < 4.78 is 7.39. The van der Waals surface area contributed by atoms with Crippen LogP contribution in [-0.4, -0.2) is 59.3 Å². The number of nitrogens with one attached hydrogen (secondary N) is 1. The average Bonchev–Trinajstić information content (AvgIpc) is 3.02. The molecule has 0 spiro atoms. The van der Waals surface area contributed by atoms with E-state index in [-0.39, 0.29) is 18.4 Å². The fourth-order valence-electron chi connectivity index (χ4n) is 2.83. The SMILES string of the molecule is CNC(=O)C1(COC)CCCN1C(=O)c1nn(C)cc1Br. The van der Waals surface area contributed by atoms with Gasteiger partial charge in [-0.25, -0.2) is 0 Å². The van der Waals surface area contributed by atoms with Gasteiger partial charge in [-0.05, 0) is 28.8 Å². The van der Waals surface area contributed by atoms with E-state index in [1.54, 1.807) is 29.9 Å². The van der Waals surface area contributed by atoms with Crippen molar-refractivity contribution < 1.29 is 14.3 Å². The highest BCUT2D eigenvalue weighted by Gasteiger charge is 2.50. The Labute approximate surface area is 131 Å². The third-order valence-corrected chi connectivity index (χ3v) is 4.33. The maximum atomic E-state index is 12.8. The number of hydrogen-bond donors (Lipinski definition) is 1. The first-order valence-corrected chi connectivity index (χ1v) is 7.48. The number of carbonyl (C=O) groups is 2. The van der Waals surface area contributed by atoms with E-state index in [0.29, 0.717) is 23.1 Å². The average molecular weight is 359 g/mol. The second-order valence-electron chi connectivity index (χ2n) is 5.10. The van der Waals surface area contributed by atoms with Crippen LogP contribution in [0.3, 0.4) is 0 Å². The molecule has 1 aliphatic heterocycles. The molecule has 1 aliphatic rings. The summed E-state index contributed by atoms with van der Waals surface area (Å²) in [6, 6.07) is 0. The van der Waals surface area contributed by atoms with Crippen molar-refractivity contribution in [3.05, 3.63) is 16.4 Å². The molecule has 2 heterocycles. The second-order valence-corrected chi connectivity index (χ2v) is 5.96. The first-order chi connectivity index (χ1) is 9.96. The molecule has 2 rings (SSSR count). The summed E-state index contributed by atoms with van der Waals surface area (Å²) in [7, 11) is 4.84. The quantitative estimate of drug-likeness (QED) is 0.852. The number of amides is 2. The molecule has 1 fully saturated rings. The lowest BCUT2D eigenvalue weighted by Gasteiger charge is -2.35. The van der Waals surface area contributed by atoms with Crippen LogP contribution in [0.5, 0.6) is 0 Å². The van der Waals surface area contributed by atoms with Gasteiger partial charge in [0.2, 0.25) is 5.91 Å². The van der Waals surface area contributed by atoms with Gasteiger partial charge in [0.1, 0.15) is 5.54 Å². The number of aromatic nitrogens is 2. The van der Waals surface area contributed by atoms with Crippen molar-refractivity contribution in [1.29, 1.82) is 0 Å². The first kappa shape index (κ1) is 16.0. The zero-order valence-corrected chi connectivity index (χ0v) is 13.9. The molecule has 0 aliphatic carbocycles. The molecular formula is C13H19BrN4O3. The topological polar surface area (TPSA) is 76.5 Å². The highest BCUT2D eigenvalue weighted by Crippen LogP contribution is 2.32. The van der Waals surface area contributed by atoms with E-state index in [2.05, 4.69) is 26.3 Å². The fourth-order valence-corrected chi connectivity index (χ4v) is 3.38. The van der Waals surface area contributed by atoms with E-state index >= 15 is 0 Å². The molecule has 1 N–H and O–H groups in total. The highest BCUT2D eigenvalue weighted by atomic mass is 79.9. The highest BCUT2D eigenvalue weighted by molar-refractivity contribution is 9.10. The van der Waals surface area contributed by atoms with E-state index in [0.717, 1.165) is 6.42 Å². The Bertz CT molecular complexity index is 560. The Morgan fingerprint density at radius 3 is 2.81 bits per heavy atom. The molecule has 1 atom stereocenters. The minimum atomic E-state index is -0.961. The molecule has 0 radical (unpaired) electrons. The fraction of sp³-hybridized carbons (Fsp3) is 0.615. The largest absolute Gasteiger partial charge is 0.382 e. The number of nitrogens with zero attached hydrogens (tertiary/aromatic N) is 3. The van der Waals surface area contributed by atoms with Gasteiger partial charge in [0.25, 0.3) is 5.91 Å². The van der Waals surface area contributed by atoms with Gasteiger partial charge in [0.15, 0.2) is 5.69 Å². The van der Waals surface area contributed by atoms with Gasteiger partial charge < -0.3 is 15.0 Å². The number of methoxy groups -OCH3 is 1. The normalized spacial score (nSPS) is 21.6. The number of likely N-dealkylation sites (N-methyl/N-ethyl adjacent to an activating group) is 1. The van der Waals surface area contributed by atoms with Crippen molar-refractivity contribution in [2.45, 2.75) is 18.4 Å². The molecule has 1 saturated heterocycles. The molecule has 116 valence electrons. The number of carbonyl (C=O) groups excluding carboxylic acids is 2. The number of halogens is 1. The molecule has 21 heavy (non-hydrogen) atoms. The third kappa shape index (κ3) is 2.69. The molecule has 1 aromatic heterocycles. The van der Waals surface area contributed by atoms with Gasteiger partial charge in [-0.1, -0.05) is 0 Å². The van der Waals surface area contributed by atoms with Gasteiger partial charge in [-0.3, -0.25) is 14.3 Å². The smallest absolute Gasteiger partial charge is 0.276 e. The summed E-state index contributed by atoms with van der Waals surface area (Å²) in [6.07, 6.45) is 3.05. The van der Waals surface area contributed by atoms with Gasteiger partial charge in [-0.15, -0.1) is 0 Å². The molecular weight excluding hydrogens is 340 g/mol. The van der Waals surface area contributed by atoms with E-state index in [9.17, 15) is 9.59 Å². The van der Waals surface area contributed by atoms with Crippen molar-refractivity contribution in [3.63, 3.8) is 0 Å². The minimum absolute atomic E-state index is 0.170. The lowest BCUT2D eigenvalue weighted by Crippen LogP contribution is -2.59. The molecule has 0 saturated carbocycles. The summed E-state index contributed by atoms with van der Waals surface area (Å²) in [4.78, 5) is 26.7. The Hall–Kier alpha value is -1.41. The van der Waals surface area contributed by atoms with Crippen LogP contribution in [0.4, 0.5) is 0 Å². The second kappa shape index (κ2) is 6.15. The zero-order valence-electron chi connectivity index (χ0n) is 12.4. The molecule has 1 unspecified atom stereocenters. The lowest BCUT2D eigenvalue weighted by molar-refractivity contribution is -0.133. The molecule has 1 aromatic rings. The van der Waals surface area contributed by atoms with Gasteiger partial charge in [-0.2, -0.15) is 5.10 Å². The number of hydrogen-bond acceptors (Lipinski definition) is 4. The maximum Gasteiger partial charge on any atom is 0.276 e. The Morgan fingerprint density at radius 1 is 1.57 bits per heavy atom. The molecule has 0 bridgehead atoms. The van der Waals surface area contributed by atoms with Crippen LogP contribution in [0.1, 0.15) is 23.3 Å². The first-order valence-electron chi connectivity index (χ1n) is 6.68. The van der Waals surface area contributed by atoms with Crippen LogP contribution in [0.15, 0.2) is 10.7 Å². The minimum Gasteiger partial charge on any atom is -0.382 e. The predicted molar refractivity (Wildman–Crippen MR) is 79.9 cm³/mol. The summed E-state index contributed by atoms with van der Waals surface area (Å²) >= 11 is 3.33. The van der Waals surface area contributed by atoms with Crippen LogP contribution in [-0.2, 0) is 16.6 Å². The molecule has 0 aromatic carbocycles. The van der Waals surface area contributed by atoms with E-state index in [1.807, 2.05) is 0 Å². The number of rotatable bonds is 4. The monoisotopic (exact) mass is 358 g/mol. The van der Waals surface area contributed by atoms with Gasteiger partial charge >= 0.3 is 0 Å². The van der Waals surface area contributed by atoms with Crippen molar-refractivity contribution in [2.24, 2.45) is 7.05 Å². The zero-order chi connectivity index (χ0) is 15.6. The molecule has 2 amide bonds. The van der Waals surface area contributed by atoms with Crippen LogP contribution in [0.25, 0.3) is 0 Å². The van der Waals surface area contributed by atoms with Crippen LogP contribution >= 0.6 is 15.9 Å². The Kier molecular flexibility index (Phi) is 4.67. The number of ether oxygens (including phenoxy) is 1. The Morgan fingerprint density at radius 2 is 2.29 bits per heavy atom. The standard InChI is InChI=1S/C13H19BrN4O3/c1-15-12(20)13(8-21-3)5-4-6-18(13)11(19)10-9(14)7-17(2)16-10/h7H,4-6,8H2,1-3H3,(H,15,20). The number of likely N-dealkylation sites (tertiary alicyclic amines) is 1. The molecule has 8 heteroatoms. The lowest BCUT2D eigenvalue weighted by atomic mass is 9.95. The number of aryl methyl sites for hydroxylation is 1. The third-order valence-electron chi connectivity index (χ3n) is 3.75. The van der Waals surface area contributed by atoms with Crippen molar-refractivity contribution in [3.8, 4) is 0 Å². The van der Waals surface area contributed by atoms with Gasteiger partial charge in [0.05, 0.1) is 11.1 Å². The maximum absolute atomic E-state index is 12.8. The van der Waals surface area contributed by atoms with E-state index in [1.165, 1.54) is 7.11 Å². The summed E-state index contributed by atoms with van der Waals surface area (Å²) in [6.45, 7) is 0.682. The summed E-state index contributed by atoms with van der Waals surface area (Å²) in [5.41, 5.74) is -0.652. The predicted octanol–water partition coefficient (Wildman–Crippen LogP) is 0.550. The van der Waals surface area contributed by atoms with Gasteiger partial charge in [0, 0.05) is 33.9 Å². The van der Waals surface area contributed by atoms with Crippen molar-refractivity contribution >= 4 is 27.7 Å². The molecule has 7 nitrogen and oxygen atoms in total. The van der Waals surface area contributed by atoms with Crippen molar-refractivity contribution in [1.82, 2.24) is 20.0 Å².